The zero-order valence-electron chi connectivity index (χ0n) is 20.6. The van der Waals surface area contributed by atoms with Crippen LogP contribution in [0.2, 0.25) is 0 Å². The molecule has 0 unspecified atom stereocenters. The molecule has 1 N–H and O–H groups in total. The van der Waals surface area contributed by atoms with Gasteiger partial charge in [0.25, 0.3) is 0 Å². The van der Waals surface area contributed by atoms with E-state index in [9.17, 15) is 22.8 Å². The van der Waals surface area contributed by atoms with Crippen molar-refractivity contribution in [3.05, 3.63) is 82.3 Å². The predicted octanol–water partition coefficient (Wildman–Crippen LogP) is 5.81. The van der Waals surface area contributed by atoms with Crippen molar-refractivity contribution < 1.29 is 27.1 Å². The molecule has 196 valence electrons. The minimum Gasteiger partial charge on any atom is -0.452 e. The maximum atomic E-state index is 13.3. The Bertz CT molecular complexity index is 1560. The number of para-hydroxylation sites is 1. The molecule has 1 atom stereocenters. The summed E-state index contributed by atoms with van der Waals surface area (Å²) in [5, 5.41) is 5.07. The van der Waals surface area contributed by atoms with Gasteiger partial charge in [0.2, 0.25) is 11.1 Å². The van der Waals surface area contributed by atoms with Crippen LogP contribution in [0.5, 0.6) is 0 Å². The molecular weight excluding hydrogens is 517 g/mol. The number of hydrogen-bond donors (Lipinski definition) is 1. The second-order valence-corrected chi connectivity index (χ2v) is 9.77. The molecule has 3 heterocycles. The Morgan fingerprint density at radius 1 is 1.13 bits per heavy atom. The summed E-state index contributed by atoms with van der Waals surface area (Å²) in [7, 11) is 0. The molecular formula is C27H24F3N4O3S+. The molecule has 5 rings (SSSR count). The topological polar surface area (TPSA) is 83.1 Å². The molecule has 4 aromatic rings. The molecule has 2 aromatic heterocycles. The van der Waals surface area contributed by atoms with E-state index >= 15 is 0 Å². The van der Waals surface area contributed by atoms with Crippen molar-refractivity contribution in [2.24, 2.45) is 0 Å². The summed E-state index contributed by atoms with van der Waals surface area (Å²) in [5.74, 6) is 0.940. The van der Waals surface area contributed by atoms with Gasteiger partial charge in [0.1, 0.15) is 5.76 Å². The summed E-state index contributed by atoms with van der Waals surface area (Å²) >= 11 is 1.38. The van der Waals surface area contributed by atoms with E-state index in [4.69, 9.17) is 4.42 Å². The first-order chi connectivity index (χ1) is 18.2. The Labute approximate surface area is 220 Å². The van der Waals surface area contributed by atoms with Crippen molar-refractivity contribution in [1.29, 1.82) is 0 Å². The molecule has 0 saturated heterocycles. The van der Waals surface area contributed by atoms with Crippen molar-refractivity contribution in [2.75, 3.05) is 10.7 Å². The SMILES string of the molecule is CCCSc1n[n+]2c(c(=O)[nH]1)-c1ccccc1N(C(=O)CC)[C@@H]2c1ccc(-c2cccc(C(F)(F)F)c2)o1. The Morgan fingerprint density at radius 3 is 2.66 bits per heavy atom. The summed E-state index contributed by atoms with van der Waals surface area (Å²) < 4.78 is 47.5. The number of benzene rings is 2. The number of nitrogens with one attached hydrogen (secondary N) is 1. The number of alkyl halides is 3. The normalized spacial score (nSPS) is 14.8. The van der Waals surface area contributed by atoms with E-state index in [1.807, 2.05) is 6.92 Å². The summed E-state index contributed by atoms with van der Waals surface area (Å²) in [6, 6.07) is 15.0. The number of rotatable bonds is 6. The monoisotopic (exact) mass is 541 g/mol. The third kappa shape index (κ3) is 4.62. The number of carbonyl (C=O) groups is 1. The fourth-order valence-electron chi connectivity index (χ4n) is 4.43. The van der Waals surface area contributed by atoms with Crippen molar-refractivity contribution >= 4 is 23.4 Å². The van der Waals surface area contributed by atoms with Crippen LogP contribution in [0.4, 0.5) is 18.9 Å². The minimum absolute atomic E-state index is 0.169. The molecule has 0 bridgehead atoms. The molecule has 0 fully saturated rings. The van der Waals surface area contributed by atoms with Crippen molar-refractivity contribution in [2.45, 2.75) is 44.2 Å². The number of carbonyl (C=O) groups excluding carboxylic acids is 1. The van der Waals surface area contributed by atoms with Gasteiger partial charge in [-0.2, -0.15) is 13.2 Å². The van der Waals surface area contributed by atoms with Gasteiger partial charge in [-0.25, -0.2) is 4.90 Å². The van der Waals surface area contributed by atoms with Gasteiger partial charge in [-0.05, 0) is 47.5 Å². The number of anilines is 1. The smallest absolute Gasteiger partial charge is 0.416 e. The van der Waals surface area contributed by atoms with E-state index < -0.39 is 17.9 Å². The highest BCUT2D eigenvalue weighted by Gasteiger charge is 2.47. The van der Waals surface area contributed by atoms with Crippen LogP contribution < -0.4 is 15.1 Å². The molecule has 1 aliphatic rings. The van der Waals surface area contributed by atoms with Gasteiger partial charge in [-0.3, -0.25) is 14.6 Å². The fourth-order valence-corrected chi connectivity index (χ4v) is 5.14. The lowest BCUT2D eigenvalue weighted by Gasteiger charge is -2.30. The number of nitrogens with zero attached hydrogens (tertiary/aromatic N) is 3. The van der Waals surface area contributed by atoms with Crippen molar-refractivity contribution in [3.8, 4) is 22.6 Å². The average molecular weight is 542 g/mol. The lowest BCUT2D eigenvalue weighted by Crippen LogP contribution is -2.60. The van der Waals surface area contributed by atoms with Crippen LogP contribution >= 0.6 is 11.8 Å². The summed E-state index contributed by atoms with van der Waals surface area (Å²) in [6.07, 6.45) is -4.44. The number of aromatic nitrogens is 3. The Hall–Kier alpha value is -3.86. The molecule has 0 spiro atoms. The molecule has 2 aromatic carbocycles. The van der Waals surface area contributed by atoms with Crippen LogP contribution in [-0.2, 0) is 11.0 Å². The Balaban J connectivity index is 1.70. The van der Waals surface area contributed by atoms with Crippen LogP contribution in [-0.4, -0.2) is 21.7 Å². The van der Waals surface area contributed by atoms with Crippen LogP contribution in [0.25, 0.3) is 22.6 Å². The molecule has 7 nitrogen and oxygen atoms in total. The first-order valence-corrected chi connectivity index (χ1v) is 13.1. The molecule has 0 radical (unpaired) electrons. The number of aromatic amines is 1. The van der Waals surface area contributed by atoms with Gasteiger partial charge in [-0.15, -0.1) is 0 Å². The quantitative estimate of drug-likeness (QED) is 0.246. The van der Waals surface area contributed by atoms with Crippen LogP contribution in [0.1, 0.15) is 44.2 Å². The van der Waals surface area contributed by atoms with Crippen LogP contribution in [0.3, 0.4) is 0 Å². The molecule has 38 heavy (non-hydrogen) atoms. The van der Waals surface area contributed by atoms with Crippen molar-refractivity contribution in [1.82, 2.24) is 10.1 Å². The maximum Gasteiger partial charge on any atom is 0.416 e. The Morgan fingerprint density at radius 2 is 1.92 bits per heavy atom. The third-order valence-corrected chi connectivity index (χ3v) is 7.20. The third-order valence-electron chi connectivity index (χ3n) is 6.13. The van der Waals surface area contributed by atoms with Gasteiger partial charge in [0.15, 0.2) is 5.76 Å². The lowest BCUT2D eigenvalue weighted by molar-refractivity contribution is -0.764. The van der Waals surface area contributed by atoms with Crippen LogP contribution in [0.15, 0.2) is 75.0 Å². The van der Waals surface area contributed by atoms with Gasteiger partial charge >= 0.3 is 23.6 Å². The van der Waals surface area contributed by atoms with E-state index in [1.54, 1.807) is 43.3 Å². The number of halogens is 3. The van der Waals surface area contributed by atoms with Gasteiger partial charge in [-0.1, -0.05) is 49.9 Å². The number of hydrogen-bond acceptors (Lipinski definition) is 5. The molecule has 1 amide bonds. The van der Waals surface area contributed by atoms with Crippen LogP contribution in [0, 0.1) is 0 Å². The molecule has 0 aliphatic carbocycles. The molecule has 0 saturated carbocycles. The summed E-state index contributed by atoms with van der Waals surface area (Å²) in [5.41, 5.74) is 0.373. The highest BCUT2D eigenvalue weighted by molar-refractivity contribution is 7.99. The number of fused-ring (bicyclic) bond motifs is 3. The standard InChI is InChI=1S/C27H23F3N4O3S/c1-3-14-38-26-31-24(36)23-18-10-5-6-11-19(18)33(22(35)4-2)25(34(23)32-26)21-13-12-20(37-21)16-8-7-9-17(15-16)27(28,29)30/h5-13,15,25H,3-4,14H2,1-2H3/p+1/t25-/m0/s1. The highest BCUT2D eigenvalue weighted by atomic mass is 32.2. The number of thioether (sulfide) groups is 1. The molecule has 1 aliphatic heterocycles. The number of furan rings is 1. The highest BCUT2D eigenvalue weighted by Crippen LogP contribution is 2.39. The zero-order valence-corrected chi connectivity index (χ0v) is 21.4. The average Bonchev–Trinajstić information content (AvgIpc) is 3.40. The van der Waals surface area contributed by atoms with Gasteiger partial charge < -0.3 is 4.42 Å². The first-order valence-electron chi connectivity index (χ1n) is 12.1. The van der Waals surface area contributed by atoms with E-state index in [-0.39, 0.29) is 40.7 Å². The predicted molar refractivity (Wildman–Crippen MR) is 137 cm³/mol. The second kappa shape index (κ2) is 10.1. The largest absolute Gasteiger partial charge is 0.452 e. The summed E-state index contributed by atoms with van der Waals surface area (Å²) in [4.78, 5) is 31.0. The number of amides is 1. The van der Waals surface area contributed by atoms with E-state index in [0.717, 1.165) is 24.3 Å². The maximum absolute atomic E-state index is 13.3. The van der Waals surface area contributed by atoms with E-state index in [2.05, 4.69) is 10.1 Å². The Kier molecular flexibility index (Phi) is 6.87. The number of H-pyrrole nitrogens is 1. The van der Waals surface area contributed by atoms with Gasteiger partial charge in [0.05, 0.1) is 16.8 Å². The van der Waals surface area contributed by atoms with Gasteiger partial charge in [0, 0.05) is 22.8 Å². The second-order valence-electron chi connectivity index (χ2n) is 8.69. The van der Waals surface area contributed by atoms with Crippen molar-refractivity contribution in [3.63, 3.8) is 0 Å². The lowest BCUT2D eigenvalue weighted by atomic mass is 10.0. The zero-order chi connectivity index (χ0) is 27.0. The first kappa shape index (κ1) is 25.8. The summed E-state index contributed by atoms with van der Waals surface area (Å²) in [6.45, 7) is 3.74. The minimum atomic E-state index is -4.50. The fraction of sp³-hybridized carbons (Fsp3) is 0.259. The van der Waals surface area contributed by atoms with E-state index in [0.29, 0.717) is 16.4 Å². The van der Waals surface area contributed by atoms with E-state index in [1.165, 1.54) is 33.5 Å². The molecule has 11 heteroatoms.